The van der Waals surface area contributed by atoms with E-state index in [1.54, 1.807) is 0 Å². The zero-order chi connectivity index (χ0) is 15.1. The first-order valence-corrected chi connectivity index (χ1v) is 6.20. The molecule has 0 radical (unpaired) electrons. The van der Waals surface area contributed by atoms with Crippen LogP contribution in [0.3, 0.4) is 0 Å². The van der Waals surface area contributed by atoms with Gasteiger partial charge in [0, 0.05) is 19.8 Å². The van der Waals surface area contributed by atoms with Gasteiger partial charge < -0.3 is 14.7 Å². The third kappa shape index (κ3) is 5.56. The Morgan fingerprint density at radius 3 is 2.35 bits per heavy atom. The Morgan fingerprint density at radius 2 is 1.85 bits per heavy atom. The molecule has 1 N–H and O–H groups in total. The first kappa shape index (κ1) is 15.8. The second-order valence-electron chi connectivity index (χ2n) is 4.71. The molecule has 20 heavy (non-hydrogen) atoms. The topological polar surface area (TPSA) is 66.8 Å². The molecular weight excluding hydrogens is 258 g/mol. The van der Waals surface area contributed by atoms with E-state index in [0.29, 0.717) is 0 Å². The van der Waals surface area contributed by atoms with Gasteiger partial charge in [0.2, 0.25) is 0 Å². The molecule has 0 atom stereocenters. The van der Waals surface area contributed by atoms with E-state index in [1.165, 1.54) is 0 Å². The number of benzene rings is 1. The monoisotopic (exact) mass is 277 g/mol. The first-order chi connectivity index (χ1) is 9.38. The molecule has 0 amide bonds. The number of ether oxygens (including phenoxy) is 1. The molecule has 1 aromatic rings. The normalized spacial score (nSPS) is 11.1. The van der Waals surface area contributed by atoms with Crippen LogP contribution < -0.4 is 4.90 Å². The molecule has 0 saturated heterocycles. The summed E-state index contributed by atoms with van der Waals surface area (Å²) in [6.07, 6.45) is 1.29. The molecule has 0 spiro atoms. The molecule has 0 fully saturated rings. The molecule has 0 aliphatic carbocycles. The van der Waals surface area contributed by atoms with Crippen molar-refractivity contribution < 1.29 is 19.4 Å². The van der Waals surface area contributed by atoms with Crippen molar-refractivity contribution in [3.63, 3.8) is 0 Å². The van der Waals surface area contributed by atoms with Crippen molar-refractivity contribution >= 4 is 23.7 Å². The van der Waals surface area contributed by atoms with Gasteiger partial charge in [-0.25, -0.2) is 0 Å². The van der Waals surface area contributed by atoms with E-state index in [1.807, 2.05) is 56.3 Å². The maximum absolute atomic E-state index is 11.1. The van der Waals surface area contributed by atoms with E-state index in [2.05, 4.69) is 0 Å². The molecular formula is C15H19NO4. The minimum absolute atomic E-state index is 0.0988. The van der Waals surface area contributed by atoms with Crippen LogP contribution >= 0.6 is 0 Å². The summed E-state index contributed by atoms with van der Waals surface area (Å²) in [6, 6.07) is 7.93. The van der Waals surface area contributed by atoms with Gasteiger partial charge in [-0.1, -0.05) is 18.2 Å². The lowest BCUT2D eigenvalue weighted by molar-refractivity contribution is -0.150. The second-order valence-corrected chi connectivity index (χ2v) is 4.71. The van der Waals surface area contributed by atoms with Crippen molar-refractivity contribution in [2.75, 3.05) is 25.6 Å². The van der Waals surface area contributed by atoms with E-state index in [-0.39, 0.29) is 6.61 Å². The van der Waals surface area contributed by atoms with Crippen molar-refractivity contribution in [1.29, 1.82) is 0 Å². The smallest absolute Gasteiger partial charge is 0.317 e. The number of hydrogen-bond donors (Lipinski definition) is 1. The molecule has 0 aliphatic heterocycles. The van der Waals surface area contributed by atoms with E-state index in [0.717, 1.165) is 16.8 Å². The van der Waals surface area contributed by atoms with Gasteiger partial charge in [-0.3, -0.25) is 9.59 Å². The van der Waals surface area contributed by atoms with Crippen LogP contribution in [0.25, 0.3) is 6.08 Å². The summed E-state index contributed by atoms with van der Waals surface area (Å²) in [6.45, 7) is 1.93. The zero-order valence-corrected chi connectivity index (χ0v) is 11.9. The van der Waals surface area contributed by atoms with Gasteiger partial charge in [0.05, 0.1) is 0 Å². The number of hydrogen-bond acceptors (Lipinski definition) is 4. The summed E-state index contributed by atoms with van der Waals surface area (Å²) in [5.74, 6) is -1.91. The number of carboxylic acid groups (broad SMARTS) is 1. The molecule has 0 unspecified atom stereocenters. The van der Waals surface area contributed by atoms with Crippen molar-refractivity contribution in [3.05, 3.63) is 35.4 Å². The summed E-state index contributed by atoms with van der Waals surface area (Å²) in [7, 11) is 3.94. The lowest BCUT2D eigenvalue weighted by Gasteiger charge is -2.12. The number of esters is 1. The maximum atomic E-state index is 11.1. The van der Waals surface area contributed by atoms with E-state index < -0.39 is 18.4 Å². The number of anilines is 1. The Labute approximate surface area is 118 Å². The predicted molar refractivity (Wildman–Crippen MR) is 77.6 cm³/mol. The third-order valence-corrected chi connectivity index (χ3v) is 2.58. The fourth-order valence-corrected chi connectivity index (χ4v) is 1.56. The van der Waals surface area contributed by atoms with Crippen LogP contribution in [0.5, 0.6) is 0 Å². The minimum Gasteiger partial charge on any atom is -0.481 e. The lowest BCUT2D eigenvalue weighted by atomic mass is 10.1. The van der Waals surface area contributed by atoms with Crippen molar-refractivity contribution in [1.82, 2.24) is 0 Å². The molecule has 5 heteroatoms. The highest BCUT2D eigenvalue weighted by Crippen LogP contribution is 2.14. The Hall–Kier alpha value is -2.30. The summed E-state index contributed by atoms with van der Waals surface area (Å²) >= 11 is 0. The summed E-state index contributed by atoms with van der Waals surface area (Å²) in [5.41, 5.74) is 2.96. The highest BCUT2D eigenvalue weighted by molar-refractivity contribution is 5.90. The van der Waals surface area contributed by atoms with Crippen LogP contribution in [0.1, 0.15) is 18.9 Å². The largest absolute Gasteiger partial charge is 0.481 e. The molecule has 0 aromatic heterocycles. The van der Waals surface area contributed by atoms with Crippen molar-refractivity contribution in [2.24, 2.45) is 0 Å². The second kappa shape index (κ2) is 7.33. The SMILES string of the molecule is C/C(=C/c1ccc(N(C)C)cc1)COC(=O)CC(=O)O. The number of nitrogens with zero attached hydrogens (tertiary/aromatic N) is 1. The average molecular weight is 277 g/mol. The molecule has 5 nitrogen and oxygen atoms in total. The van der Waals surface area contributed by atoms with E-state index in [4.69, 9.17) is 9.84 Å². The lowest BCUT2D eigenvalue weighted by Crippen LogP contribution is -2.11. The number of carbonyl (C=O) groups excluding carboxylic acids is 1. The van der Waals surface area contributed by atoms with Crippen molar-refractivity contribution in [3.8, 4) is 0 Å². The number of carbonyl (C=O) groups is 2. The first-order valence-electron chi connectivity index (χ1n) is 6.20. The maximum Gasteiger partial charge on any atom is 0.317 e. The van der Waals surface area contributed by atoms with Crippen molar-refractivity contribution in [2.45, 2.75) is 13.3 Å². The van der Waals surface area contributed by atoms with Crippen LogP contribution in [0, 0.1) is 0 Å². The molecule has 0 heterocycles. The summed E-state index contributed by atoms with van der Waals surface area (Å²) in [4.78, 5) is 23.4. The number of aliphatic carboxylic acids is 1. The highest BCUT2D eigenvalue weighted by Gasteiger charge is 2.08. The fraction of sp³-hybridized carbons (Fsp3) is 0.333. The van der Waals surface area contributed by atoms with E-state index in [9.17, 15) is 9.59 Å². The van der Waals surface area contributed by atoms with Crippen LogP contribution in [-0.2, 0) is 14.3 Å². The number of carboxylic acids is 1. The molecule has 108 valence electrons. The van der Waals surface area contributed by atoms with Gasteiger partial charge >= 0.3 is 11.9 Å². The van der Waals surface area contributed by atoms with Gasteiger partial charge in [-0.15, -0.1) is 0 Å². The Morgan fingerprint density at radius 1 is 1.25 bits per heavy atom. The molecule has 1 rings (SSSR count). The average Bonchev–Trinajstić information content (AvgIpc) is 2.36. The third-order valence-electron chi connectivity index (χ3n) is 2.58. The van der Waals surface area contributed by atoms with Gasteiger partial charge in [-0.05, 0) is 30.2 Å². The zero-order valence-electron chi connectivity index (χ0n) is 11.9. The summed E-state index contributed by atoms with van der Waals surface area (Å²) in [5, 5.41) is 8.44. The standard InChI is InChI=1S/C15H19NO4/c1-11(10-20-15(19)9-14(17)18)8-12-4-6-13(7-5-12)16(2)3/h4-8H,9-10H2,1-3H3,(H,17,18)/b11-8-. The Kier molecular flexibility index (Phi) is 5.77. The number of rotatable bonds is 6. The quantitative estimate of drug-likeness (QED) is 0.637. The predicted octanol–water partition coefficient (Wildman–Crippen LogP) is 2.17. The molecule has 1 aromatic carbocycles. The van der Waals surface area contributed by atoms with Gasteiger partial charge in [0.1, 0.15) is 13.0 Å². The van der Waals surface area contributed by atoms with Gasteiger partial charge in [0.25, 0.3) is 0 Å². The van der Waals surface area contributed by atoms with Crippen LogP contribution in [0.2, 0.25) is 0 Å². The molecule has 0 saturated carbocycles. The van der Waals surface area contributed by atoms with Crippen LogP contribution in [0.15, 0.2) is 29.8 Å². The Balaban J connectivity index is 2.56. The minimum atomic E-state index is -1.18. The van der Waals surface area contributed by atoms with E-state index >= 15 is 0 Å². The fourth-order valence-electron chi connectivity index (χ4n) is 1.56. The summed E-state index contributed by atoms with van der Waals surface area (Å²) < 4.78 is 4.85. The Bertz CT molecular complexity index is 503. The van der Waals surface area contributed by atoms with Crippen LogP contribution in [-0.4, -0.2) is 37.7 Å². The van der Waals surface area contributed by atoms with Gasteiger partial charge in [0.15, 0.2) is 0 Å². The van der Waals surface area contributed by atoms with Gasteiger partial charge in [-0.2, -0.15) is 0 Å². The highest BCUT2D eigenvalue weighted by atomic mass is 16.5. The molecule has 0 aliphatic rings. The molecule has 0 bridgehead atoms. The van der Waals surface area contributed by atoms with Crippen LogP contribution in [0.4, 0.5) is 5.69 Å².